The zero-order valence-electron chi connectivity index (χ0n) is 6.43. The zero-order chi connectivity index (χ0) is 10.6. The van der Waals surface area contributed by atoms with Gasteiger partial charge in [0.05, 0.1) is 0 Å². The lowest BCUT2D eigenvalue weighted by Gasteiger charge is -2.12. The second-order valence-electron chi connectivity index (χ2n) is 1.95. The zero-order valence-corrected chi connectivity index (χ0v) is 7.18. The number of nitro groups is 2. The monoisotopic (exact) mass is 212 g/mol. The third-order valence-corrected chi connectivity index (χ3v) is 1.35. The molecule has 0 amide bonds. The van der Waals surface area contributed by atoms with Crippen LogP contribution in [0.25, 0.3) is 0 Å². The molecule has 0 aromatic carbocycles. The molecule has 0 fully saturated rings. The number of halogens is 1. The smallest absolute Gasteiger partial charge is 0.324 e. The summed E-state index contributed by atoms with van der Waals surface area (Å²) in [6.45, 7) is 1.13. The van der Waals surface area contributed by atoms with Gasteiger partial charge in [-0.25, -0.2) is 4.79 Å². The molecule has 0 unspecified atom stereocenters. The Morgan fingerprint density at radius 1 is 1.46 bits per heavy atom. The summed E-state index contributed by atoms with van der Waals surface area (Å²) < 4.78 is 3.84. The molecule has 9 heteroatoms. The summed E-state index contributed by atoms with van der Waals surface area (Å²) in [4.78, 5) is 28.1. The number of rotatable bonds is 4. The quantitative estimate of drug-likeness (QED) is 0.297. The van der Waals surface area contributed by atoms with E-state index in [9.17, 15) is 25.0 Å². The molecule has 13 heavy (non-hydrogen) atoms. The van der Waals surface area contributed by atoms with E-state index in [0.717, 1.165) is 6.92 Å². The Morgan fingerprint density at radius 2 is 1.85 bits per heavy atom. The Balaban J connectivity index is 4.98. The van der Waals surface area contributed by atoms with Crippen LogP contribution in [-0.4, -0.2) is 21.1 Å². The van der Waals surface area contributed by atoms with Gasteiger partial charge in [0, 0.05) is 11.6 Å². The van der Waals surface area contributed by atoms with E-state index < -0.39 is 27.5 Å². The third kappa shape index (κ3) is 2.25. The highest BCUT2D eigenvalue weighted by molar-refractivity contribution is 6.61. The molecule has 0 aromatic rings. The maximum atomic E-state index is 10.3. The highest BCUT2D eigenvalue weighted by Crippen LogP contribution is 2.18. The van der Waals surface area contributed by atoms with Crippen LogP contribution in [0, 0.1) is 20.2 Å². The first-order valence-corrected chi connectivity index (χ1v) is 3.42. The molecule has 0 rings (SSSR count). The van der Waals surface area contributed by atoms with Crippen LogP contribution in [0.15, 0.2) is 0 Å². The lowest BCUT2D eigenvalue weighted by Crippen LogP contribution is -2.48. The van der Waals surface area contributed by atoms with Gasteiger partial charge < -0.3 is 4.74 Å². The Labute approximate surface area is 76.7 Å². The van der Waals surface area contributed by atoms with Gasteiger partial charge in [-0.05, 0) is 6.92 Å². The summed E-state index contributed by atoms with van der Waals surface area (Å²) in [6, 6.07) is 0. The van der Waals surface area contributed by atoms with Gasteiger partial charge in [-0.3, -0.25) is 20.2 Å². The molecular formula is C4H5ClN2O6. The molecule has 0 saturated carbocycles. The second-order valence-corrected chi connectivity index (χ2v) is 2.26. The molecule has 0 aromatic heterocycles. The number of nitrogens with zero attached hydrogens (tertiary/aromatic N) is 2. The maximum Gasteiger partial charge on any atom is 0.622 e. The van der Waals surface area contributed by atoms with Crippen LogP contribution in [0.1, 0.15) is 13.3 Å². The van der Waals surface area contributed by atoms with Gasteiger partial charge in [0.25, 0.3) is 0 Å². The van der Waals surface area contributed by atoms with E-state index in [-0.39, 0.29) is 0 Å². The van der Waals surface area contributed by atoms with Gasteiger partial charge in [0.1, 0.15) is 16.3 Å². The molecule has 0 saturated heterocycles. The van der Waals surface area contributed by atoms with Crippen LogP contribution in [0.4, 0.5) is 4.79 Å². The SMILES string of the molecule is CCC(OC(=O)Cl)([N+](=O)[O-])[N+](=O)[O-]. The van der Waals surface area contributed by atoms with Gasteiger partial charge in [-0.2, -0.15) is 0 Å². The molecule has 0 aliphatic heterocycles. The average Bonchev–Trinajstić information content (AvgIpc) is 1.98. The van der Waals surface area contributed by atoms with Crippen molar-refractivity contribution in [1.29, 1.82) is 0 Å². The topological polar surface area (TPSA) is 113 Å². The predicted octanol–water partition coefficient (Wildman–Crippen LogP) is 0.979. The van der Waals surface area contributed by atoms with Crippen molar-refractivity contribution < 1.29 is 19.4 Å². The fourth-order valence-electron chi connectivity index (χ4n) is 0.600. The molecule has 0 N–H and O–H groups in total. The van der Waals surface area contributed by atoms with Crippen LogP contribution in [-0.2, 0) is 4.74 Å². The standard InChI is InChI=1S/C4H5ClN2O6/c1-2-4(6(9)10,7(11)12)13-3(5)8/h2H2,1H3. The van der Waals surface area contributed by atoms with Crippen LogP contribution >= 0.6 is 11.6 Å². The Hall–Kier alpha value is -1.44. The molecule has 0 atom stereocenters. The largest absolute Gasteiger partial charge is 0.622 e. The summed E-state index contributed by atoms with van der Waals surface area (Å²) in [5.74, 6) is -2.97. The Morgan fingerprint density at radius 3 is 1.92 bits per heavy atom. The lowest BCUT2D eigenvalue weighted by atomic mass is 10.3. The first kappa shape index (κ1) is 11.6. The fourth-order valence-corrected chi connectivity index (χ4v) is 0.724. The van der Waals surface area contributed by atoms with Crippen molar-refractivity contribution in [1.82, 2.24) is 0 Å². The molecule has 0 bridgehead atoms. The van der Waals surface area contributed by atoms with Crippen molar-refractivity contribution in [2.24, 2.45) is 0 Å². The predicted molar refractivity (Wildman–Crippen MR) is 39.3 cm³/mol. The minimum atomic E-state index is -2.97. The van der Waals surface area contributed by atoms with Gasteiger partial charge >= 0.3 is 11.3 Å². The van der Waals surface area contributed by atoms with Crippen LogP contribution < -0.4 is 0 Å². The molecule has 74 valence electrons. The van der Waals surface area contributed by atoms with Crippen molar-refractivity contribution in [2.75, 3.05) is 0 Å². The van der Waals surface area contributed by atoms with Crippen molar-refractivity contribution in [2.45, 2.75) is 19.2 Å². The summed E-state index contributed by atoms with van der Waals surface area (Å²) in [6.07, 6.45) is -0.606. The molecule has 0 aliphatic carbocycles. The average molecular weight is 213 g/mol. The van der Waals surface area contributed by atoms with E-state index in [0.29, 0.717) is 0 Å². The molecule has 8 nitrogen and oxygen atoms in total. The van der Waals surface area contributed by atoms with Crippen molar-refractivity contribution in [3.63, 3.8) is 0 Å². The third-order valence-electron chi connectivity index (χ3n) is 1.27. The van der Waals surface area contributed by atoms with Crippen molar-refractivity contribution >= 4 is 17.0 Å². The molecule has 0 aliphatic rings. The number of ether oxygens (including phenoxy) is 1. The van der Waals surface area contributed by atoms with Crippen LogP contribution in [0.3, 0.4) is 0 Å². The minimum absolute atomic E-state index is 0.606. The molecule has 0 radical (unpaired) electrons. The second kappa shape index (κ2) is 3.99. The molecule has 0 spiro atoms. The highest BCUT2D eigenvalue weighted by Gasteiger charge is 2.59. The van der Waals surface area contributed by atoms with Crippen molar-refractivity contribution in [3.8, 4) is 0 Å². The number of hydrogen-bond acceptors (Lipinski definition) is 6. The maximum absolute atomic E-state index is 10.3. The summed E-state index contributed by atoms with van der Waals surface area (Å²) in [5, 5.41) is 20.5. The van der Waals surface area contributed by atoms with E-state index in [1.54, 1.807) is 0 Å². The minimum Gasteiger partial charge on any atom is -0.324 e. The van der Waals surface area contributed by atoms with Crippen molar-refractivity contribution in [3.05, 3.63) is 20.2 Å². The number of carbonyl (C=O) groups excluding carboxylic acids is 1. The van der Waals surface area contributed by atoms with Gasteiger partial charge in [-0.15, -0.1) is 0 Å². The highest BCUT2D eigenvalue weighted by atomic mass is 35.5. The Bertz CT molecular complexity index is 239. The van der Waals surface area contributed by atoms with E-state index in [1.807, 2.05) is 0 Å². The first-order chi connectivity index (χ1) is 5.86. The summed E-state index contributed by atoms with van der Waals surface area (Å²) in [7, 11) is 0. The van der Waals surface area contributed by atoms with Crippen LogP contribution in [0.2, 0.25) is 0 Å². The summed E-state index contributed by atoms with van der Waals surface area (Å²) >= 11 is 4.66. The van der Waals surface area contributed by atoms with E-state index in [1.165, 1.54) is 0 Å². The van der Waals surface area contributed by atoms with E-state index in [2.05, 4.69) is 16.3 Å². The van der Waals surface area contributed by atoms with E-state index in [4.69, 9.17) is 0 Å². The first-order valence-electron chi connectivity index (χ1n) is 3.04. The number of carbonyl (C=O) groups is 1. The Kier molecular flexibility index (Phi) is 3.54. The van der Waals surface area contributed by atoms with Crippen LogP contribution in [0.5, 0.6) is 0 Å². The van der Waals surface area contributed by atoms with E-state index >= 15 is 0 Å². The molecule has 0 heterocycles. The van der Waals surface area contributed by atoms with Gasteiger partial charge in [-0.1, -0.05) is 0 Å². The van der Waals surface area contributed by atoms with Gasteiger partial charge in [0.15, 0.2) is 0 Å². The normalized spacial score (nSPS) is 10.6. The lowest BCUT2D eigenvalue weighted by molar-refractivity contribution is -0.843. The summed E-state index contributed by atoms with van der Waals surface area (Å²) in [5.41, 5.74) is -1.59. The van der Waals surface area contributed by atoms with Gasteiger partial charge in [0.2, 0.25) is 0 Å². The number of hydrogen-bond donors (Lipinski definition) is 0. The molecular weight excluding hydrogens is 208 g/mol. The fraction of sp³-hybridized carbons (Fsp3) is 0.750.